The lowest BCUT2D eigenvalue weighted by atomic mass is 10.3. The third kappa shape index (κ3) is 3.91. The predicted octanol–water partition coefficient (Wildman–Crippen LogP) is 2.87. The minimum Gasteiger partial charge on any atom is -0.315 e. The number of anilines is 1. The molecule has 0 aliphatic rings. The van der Waals surface area contributed by atoms with E-state index in [-0.39, 0.29) is 0 Å². The van der Waals surface area contributed by atoms with E-state index in [0.29, 0.717) is 16.4 Å². The molecular weight excluding hydrogens is 395 g/mol. The third-order valence-corrected chi connectivity index (χ3v) is 6.03. The number of nitrogens with one attached hydrogen (secondary N) is 2. The average molecular weight is 408 g/mol. The van der Waals surface area contributed by atoms with Gasteiger partial charge in [0.1, 0.15) is 4.21 Å². The van der Waals surface area contributed by atoms with Crippen LogP contribution in [0.5, 0.6) is 0 Å². The molecule has 0 saturated heterocycles. The highest BCUT2D eigenvalue weighted by Gasteiger charge is 2.16. The lowest BCUT2D eigenvalue weighted by Gasteiger charge is -2.06. The molecule has 1 heterocycles. The van der Waals surface area contributed by atoms with Gasteiger partial charge in [-0.15, -0.1) is 11.3 Å². The molecule has 0 aliphatic heterocycles. The zero-order chi connectivity index (χ0) is 13.9. The molecule has 0 radical (unpaired) electrons. The fraction of sp³-hybridized carbons (Fsp3) is 0.167. The van der Waals surface area contributed by atoms with Crippen LogP contribution in [0.2, 0.25) is 0 Å². The van der Waals surface area contributed by atoms with E-state index >= 15 is 0 Å². The molecule has 0 fully saturated rings. The van der Waals surface area contributed by atoms with Gasteiger partial charge in [0.15, 0.2) is 0 Å². The molecule has 0 unspecified atom stereocenters. The Hall–Kier alpha value is -0.640. The number of hydrogen-bond acceptors (Lipinski definition) is 4. The SMILES string of the molecule is CNCc1ccc(S(=O)(=O)Nc2ccc(I)cc2)s1. The van der Waals surface area contributed by atoms with E-state index in [1.54, 1.807) is 18.2 Å². The number of sulfonamides is 1. The Morgan fingerprint density at radius 3 is 2.47 bits per heavy atom. The predicted molar refractivity (Wildman–Crippen MR) is 87.1 cm³/mol. The fourth-order valence-electron chi connectivity index (χ4n) is 1.50. The van der Waals surface area contributed by atoms with Gasteiger partial charge < -0.3 is 5.32 Å². The molecule has 2 aromatic rings. The van der Waals surface area contributed by atoms with Gasteiger partial charge in [-0.05, 0) is 66.0 Å². The molecule has 0 saturated carbocycles. The van der Waals surface area contributed by atoms with Gasteiger partial charge in [-0.1, -0.05) is 0 Å². The van der Waals surface area contributed by atoms with Gasteiger partial charge in [0, 0.05) is 20.7 Å². The van der Waals surface area contributed by atoms with Crippen LogP contribution < -0.4 is 10.0 Å². The van der Waals surface area contributed by atoms with E-state index in [1.807, 2.05) is 25.2 Å². The van der Waals surface area contributed by atoms with Crippen LogP contribution in [0, 0.1) is 3.57 Å². The summed E-state index contributed by atoms with van der Waals surface area (Å²) in [7, 11) is -1.65. The topological polar surface area (TPSA) is 58.2 Å². The lowest BCUT2D eigenvalue weighted by molar-refractivity contribution is 0.603. The summed E-state index contributed by atoms with van der Waals surface area (Å²) in [4.78, 5) is 0.991. The van der Waals surface area contributed by atoms with Gasteiger partial charge in [-0.3, -0.25) is 4.72 Å². The molecule has 2 rings (SSSR count). The van der Waals surface area contributed by atoms with Crippen molar-refractivity contribution in [1.29, 1.82) is 0 Å². The first-order valence-electron chi connectivity index (χ1n) is 5.53. The summed E-state index contributed by atoms with van der Waals surface area (Å²) < 4.78 is 28.3. The number of rotatable bonds is 5. The van der Waals surface area contributed by atoms with E-state index < -0.39 is 10.0 Å². The van der Waals surface area contributed by atoms with Crippen LogP contribution in [0.15, 0.2) is 40.6 Å². The van der Waals surface area contributed by atoms with Gasteiger partial charge in [-0.25, -0.2) is 8.42 Å². The Morgan fingerprint density at radius 1 is 1.16 bits per heavy atom. The molecule has 7 heteroatoms. The van der Waals surface area contributed by atoms with Crippen molar-refractivity contribution in [1.82, 2.24) is 5.32 Å². The fourth-order valence-corrected chi connectivity index (χ4v) is 4.28. The highest BCUT2D eigenvalue weighted by atomic mass is 127. The first-order valence-corrected chi connectivity index (χ1v) is 8.91. The molecule has 2 N–H and O–H groups in total. The van der Waals surface area contributed by atoms with Gasteiger partial charge in [0.2, 0.25) is 0 Å². The first kappa shape index (κ1) is 14.8. The summed E-state index contributed by atoms with van der Waals surface area (Å²) in [5.74, 6) is 0. The van der Waals surface area contributed by atoms with Crippen molar-refractivity contribution in [2.45, 2.75) is 10.8 Å². The smallest absolute Gasteiger partial charge is 0.271 e. The standard InChI is InChI=1S/C12H13IN2O2S2/c1-14-8-11-6-7-12(18-11)19(16,17)15-10-4-2-9(13)3-5-10/h2-7,14-15H,8H2,1H3. The van der Waals surface area contributed by atoms with Crippen LogP contribution in [-0.2, 0) is 16.6 Å². The van der Waals surface area contributed by atoms with Gasteiger partial charge >= 0.3 is 0 Å². The normalized spacial score (nSPS) is 11.5. The lowest BCUT2D eigenvalue weighted by Crippen LogP contribution is -2.11. The maximum atomic E-state index is 12.2. The highest BCUT2D eigenvalue weighted by Crippen LogP contribution is 2.24. The van der Waals surface area contributed by atoms with Gasteiger partial charge in [-0.2, -0.15) is 0 Å². The monoisotopic (exact) mass is 408 g/mol. The van der Waals surface area contributed by atoms with Crippen LogP contribution in [0.1, 0.15) is 4.88 Å². The zero-order valence-electron chi connectivity index (χ0n) is 10.2. The summed E-state index contributed by atoms with van der Waals surface area (Å²) >= 11 is 3.45. The maximum Gasteiger partial charge on any atom is 0.271 e. The van der Waals surface area contributed by atoms with E-state index in [4.69, 9.17) is 0 Å². The summed E-state index contributed by atoms with van der Waals surface area (Å²) in [6, 6.07) is 10.7. The molecule has 102 valence electrons. The molecular formula is C12H13IN2O2S2. The van der Waals surface area contributed by atoms with Crippen molar-refractivity contribution in [3.8, 4) is 0 Å². The third-order valence-electron chi connectivity index (χ3n) is 2.35. The minimum atomic E-state index is -3.49. The van der Waals surface area contributed by atoms with Crippen molar-refractivity contribution >= 4 is 49.6 Å². The molecule has 0 spiro atoms. The Kier molecular flexibility index (Phi) is 4.82. The van der Waals surface area contributed by atoms with Gasteiger partial charge in [0.05, 0.1) is 0 Å². The quantitative estimate of drug-likeness (QED) is 0.749. The Labute approximate surface area is 130 Å². The molecule has 0 aliphatic carbocycles. The molecule has 0 amide bonds. The van der Waals surface area contributed by atoms with Crippen LogP contribution >= 0.6 is 33.9 Å². The van der Waals surface area contributed by atoms with Crippen LogP contribution in [0.3, 0.4) is 0 Å². The van der Waals surface area contributed by atoms with Crippen molar-refractivity contribution in [3.63, 3.8) is 0 Å². The second-order valence-electron chi connectivity index (χ2n) is 3.86. The van der Waals surface area contributed by atoms with E-state index in [1.165, 1.54) is 11.3 Å². The summed E-state index contributed by atoms with van der Waals surface area (Å²) in [5, 5.41) is 3.00. The molecule has 1 aromatic carbocycles. The average Bonchev–Trinajstić information content (AvgIpc) is 2.82. The summed E-state index contributed by atoms with van der Waals surface area (Å²) in [6.45, 7) is 0.670. The molecule has 1 aromatic heterocycles. The maximum absolute atomic E-state index is 12.2. The number of hydrogen-bond donors (Lipinski definition) is 2. The van der Waals surface area contributed by atoms with Crippen molar-refractivity contribution in [2.24, 2.45) is 0 Å². The molecule has 0 atom stereocenters. The number of thiophene rings is 1. The number of halogens is 1. The molecule has 0 bridgehead atoms. The Bertz CT molecular complexity index is 651. The van der Waals surface area contributed by atoms with Crippen molar-refractivity contribution in [2.75, 3.05) is 11.8 Å². The summed E-state index contributed by atoms with van der Waals surface area (Å²) in [6.07, 6.45) is 0. The van der Waals surface area contributed by atoms with Crippen LogP contribution in [0.4, 0.5) is 5.69 Å². The van der Waals surface area contributed by atoms with E-state index in [2.05, 4.69) is 32.6 Å². The second kappa shape index (κ2) is 6.21. The second-order valence-corrected chi connectivity index (χ2v) is 8.19. The van der Waals surface area contributed by atoms with Gasteiger partial charge in [0.25, 0.3) is 10.0 Å². The minimum absolute atomic E-state index is 0.330. The molecule has 4 nitrogen and oxygen atoms in total. The van der Waals surface area contributed by atoms with Crippen LogP contribution in [0.25, 0.3) is 0 Å². The zero-order valence-corrected chi connectivity index (χ0v) is 14.0. The largest absolute Gasteiger partial charge is 0.315 e. The number of benzene rings is 1. The van der Waals surface area contributed by atoms with Crippen LogP contribution in [-0.4, -0.2) is 15.5 Å². The van der Waals surface area contributed by atoms with E-state index in [9.17, 15) is 8.42 Å². The summed E-state index contributed by atoms with van der Waals surface area (Å²) in [5.41, 5.74) is 0.573. The Balaban J connectivity index is 2.19. The molecule has 19 heavy (non-hydrogen) atoms. The van der Waals surface area contributed by atoms with E-state index in [0.717, 1.165) is 8.45 Å². The Morgan fingerprint density at radius 2 is 1.84 bits per heavy atom. The highest BCUT2D eigenvalue weighted by molar-refractivity contribution is 14.1. The first-order chi connectivity index (χ1) is 9.01. The van der Waals surface area contributed by atoms with Crippen molar-refractivity contribution < 1.29 is 8.42 Å². The van der Waals surface area contributed by atoms with Crippen molar-refractivity contribution in [3.05, 3.63) is 44.8 Å².